The number of ketones is 1. The molecule has 6 heteroatoms. The second kappa shape index (κ2) is 9.24. The van der Waals surface area contributed by atoms with Crippen molar-refractivity contribution in [3.63, 3.8) is 0 Å². The summed E-state index contributed by atoms with van der Waals surface area (Å²) in [6.07, 6.45) is 0. The number of carbonyl (C=O) groups is 2. The number of benzene rings is 2. The van der Waals surface area contributed by atoms with Gasteiger partial charge in [0.15, 0.2) is 5.78 Å². The summed E-state index contributed by atoms with van der Waals surface area (Å²) in [4.78, 5) is 27.7. The van der Waals surface area contributed by atoms with Gasteiger partial charge in [-0.15, -0.1) is 0 Å². The van der Waals surface area contributed by atoms with Crippen LogP contribution in [0, 0.1) is 11.3 Å². The van der Waals surface area contributed by atoms with E-state index in [9.17, 15) is 14.7 Å². The summed E-state index contributed by atoms with van der Waals surface area (Å²) in [6.45, 7) is 12.2. The maximum absolute atomic E-state index is 13.5. The molecule has 0 amide bonds. The van der Waals surface area contributed by atoms with Gasteiger partial charge in [-0.05, 0) is 28.5 Å². The van der Waals surface area contributed by atoms with E-state index in [0.717, 1.165) is 16.7 Å². The van der Waals surface area contributed by atoms with Gasteiger partial charge in [0, 0.05) is 23.2 Å². The average molecular weight is 465 g/mol. The van der Waals surface area contributed by atoms with Crippen molar-refractivity contribution in [3.8, 4) is 5.75 Å². The van der Waals surface area contributed by atoms with E-state index in [0.29, 0.717) is 5.56 Å². The van der Waals surface area contributed by atoms with Crippen molar-refractivity contribution in [3.05, 3.63) is 64.7 Å². The van der Waals surface area contributed by atoms with Gasteiger partial charge < -0.3 is 14.7 Å². The number of hydrogen-bond donors (Lipinski definition) is 2. The highest BCUT2D eigenvalue weighted by Gasteiger charge is 2.44. The van der Waals surface area contributed by atoms with Crippen LogP contribution in [-0.4, -0.2) is 47.8 Å². The van der Waals surface area contributed by atoms with Crippen LogP contribution in [0.25, 0.3) is 0 Å². The van der Waals surface area contributed by atoms with E-state index in [1.54, 1.807) is 17.0 Å². The maximum atomic E-state index is 13.5. The molecule has 2 N–H and O–H groups in total. The number of aromatic hydroxyl groups is 1. The molecule has 2 aromatic carbocycles. The molecule has 1 aliphatic heterocycles. The van der Waals surface area contributed by atoms with Crippen LogP contribution in [0.3, 0.4) is 0 Å². The molecule has 0 saturated carbocycles. The summed E-state index contributed by atoms with van der Waals surface area (Å²) in [7, 11) is 1.35. The molecule has 1 heterocycles. The zero-order valence-electron chi connectivity index (χ0n) is 21.2. The molecule has 0 spiro atoms. The number of nitrogens with one attached hydrogen (secondary N) is 1. The number of amidine groups is 1. The Morgan fingerprint density at radius 1 is 1.03 bits per heavy atom. The number of phenolic OH excluding ortho intramolecular Hbond substituents is 1. The van der Waals surface area contributed by atoms with Crippen LogP contribution in [0.5, 0.6) is 5.75 Å². The van der Waals surface area contributed by atoms with Gasteiger partial charge in [0.05, 0.1) is 25.5 Å². The van der Waals surface area contributed by atoms with Gasteiger partial charge in [-0.2, -0.15) is 0 Å². The predicted octanol–water partition coefficient (Wildman–Crippen LogP) is 5.04. The van der Waals surface area contributed by atoms with E-state index in [-0.39, 0.29) is 47.3 Å². The van der Waals surface area contributed by atoms with Crippen molar-refractivity contribution < 1.29 is 19.4 Å². The molecule has 2 unspecified atom stereocenters. The summed E-state index contributed by atoms with van der Waals surface area (Å²) < 4.78 is 5.02. The van der Waals surface area contributed by atoms with Gasteiger partial charge in [-0.25, -0.2) is 0 Å². The van der Waals surface area contributed by atoms with Crippen LogP contribution in [0.1, 0.15) is 74.5 Å². The third-order valence-corrected chi connectivity index (χ3v) is 6.50. The van der Waals surface area contributed by atoms with Crippen LogP contribution in [-0.2, 0) is 20.4 Å². The van der Waals surface area contributed by atoms with E-state index in [1.165, 1.54) is 7.11 Å². The van der Waals surface area contributed by atoms with Gasteiger partial charge in [0.2, 0.25) is 0 Å². The Morgan fingerprint density at radius 2 is 1.56 bits per heavy atom. The number of ether oxygens (including phenoxy) is 1. The number of likely N-dealkylation sites (tertiary alicyclic amines) is 1. The van der Waals surface area contributed by atoms with Crippen LogP contribution in [0.2, 0.25) is 0 Å². The van der Waals surface area contributed by atoms with Crippen LogP contribution < -0.4 is 0 Å². The SMILES string of the molecule is COC(=O)C1CN(CC(=O)c2cc(C(C)(C)C)c(O)c(C(C)(C)C)c2)C(=N)C1c1ccccc1. The van der Waals surface area contributed by atoms with E-state index in [1.807, 2.05) is 71.9 Å². The molecule has 6 nitrogen and oxygen atoms in total. The van der Waals surface area contributed by atoms with Gasteiger partial charge in [-0.3, -0.25) is 15.0 Å². The highest BCUT2D eigenvalue weighted by Crippen LogP contribution is 2.40. The van der Waals surface area contributed by atoms with Crippen LogP contribution >= 0.6 is 0 Å². The smallest absolute Gasteiger partial charge is 0.311 e. The van der Waals surface area contributed by atoms with Crippen molar-refractivity contribution in [2.24, 2.45) is 5.92 Å². The Morgan fingerprint density at radius 3 is 2.03 bits per heavy atom. The molecule has 3 rings (SSSR count). The Balaban J connectivity index is 1.96. The Labute approximate surface area is 202 Å². The topological polar surface area (TPSA) is 90.7 Å². The zero-order valence-corrected chi connectivity index (χ0v) is 21.2. The Kier molecular flexibility index (Phi) is 6.92. The average Bonchev–Trinajstić information content (AvgIpc) is 3.08. The highest BCUT2D eigenvalue weighted by atomic mass is 16.5. The molecule has 1 saturated heterocycles. The molecule has 0 aliphatic carbocycles. The van der Waals surface area contributed by atoms with E-state index in [2.05, 4.69) is 0 Å². The minimum absolute atomic E-state index is 0.0202. The van der Waals surface area contributed by atoms with Crippen molar-refractivity contribution in [1.82, 2.24) is 4.90 Å². The van der Waals surface area contributed by atoms with Crippen molar-refractivity contribution in [2.45, 2.75) is 58.3 Å². The fraction of sp³-hybridized carbons (Fsp3) is 0.464. The van der Waals surface area contributed by atoms with E-state index in [4.69, 9.17) is 10.1 Å². The summed E-state index contributed by atoms with van der Waals surface area (Å²) >= 11 is 0. The molecule has 0 bridgehead atoms. The first-order chi connectivity index (χ1) is 15.8. The first-order valence-corrected chi connectivity index (χ1v) is 11.6. The number of carbonyl (C=O) groups excluding carboxylic acids is 2. The molecule has 2 aromatic rings. The molecule has 1 aliphatic rings. The summed E-state index contributed by atoms with van der Waals surface area (Å²) in [5, 5.41) is 19.8. The van der Waals surface area contributed by atoms with Gasteiger partial charge in [0.25, 0.3) is 0 Å². The van der Waals surface area contributed by atoms with Gasteiger partial charge in [-0.1, -0.05) is 71.9 Å². The molecule has 0 radical (unpaired) electrons. The van der Waals surface area contributed by atoms with E-state index >= 15 is 0 Å². The second-order valence-electron chi connectivity index (χ2n) is 11.1. The quantitative estimate of drug-likeness (QED) is 0.478. The molecule has 0 aromatic heterocycles. The minimum Gasteiger partial charge on any atom is -0.507 e. The summed E-state index contributed by atoms with van der Waals surface area (Å²) in [5.41, 5.74) is 2.08. The Hall–Kier alpha value is -3.15. The number of phenols is 1. The van der Waals surface area contributed by atoms with Crippen LogP contribution in [0.4, 0.5) is 0 Å². The number of nitrogens with zero attached hydrogens (tertiary/aromatic N) is 1. The standard InChI is InChI=1S/C28H36N2O4/c1-27(2,3)20-13-18(14-21(24(20)32)28(4,5)6)22(31)16-30-15-19(26(33)34-7)23(25(30)29)17-11-9-8-10-12-17/h8-14,19,23,29,32H,15-16H2,1-7H3. The molecular weight excluding hydrogens is 428 g/mol. The first-order valence-electron chi connectivity index (χ1n) is 11.6. The zero-order chi connectivity index (χ0) is 25.4. The molecule has 2 atom stereocenters. The fourth-order valence-corrected chi connectivity index (χ4v) is 4.59. The fourth-order valence-electron chi connectivity index (χ4n) is 4.59. The highest BCUT2D eigenvalue weighted by molar-refractivity contribution is 6.02. The minimum atomic E-state index is -0.553. The van der Waals surface area contributed by atoms with Crippen LogP contribution in [0.15, 0.2) is 42.5 Å². The van der Waals surface area contributed by atoms with Crippen molar-refractivity contribution in [2.75, 3.05) is 20.2 Å². The maximum Gasteiger partial charge on any atom is 0.311 e. The lowest BCUT2D eigenvalue weighted by atomic mass is 9.78. The number of hydrogen-bond acceptors (Lipinski definition) is 5. The normalized spacial score (nSPS) is 18.8. The third kappa shape index (κ3) is 5.01. The number of methoxy groups -OCH3 is 1. The lowest BCUT2D eigenvalue weighted by molar-refractivity contribution is -0.145. The summed E-state index contributed by atoms with van der Waals surface area (Å²) in [6, 6.07) is 13.0. The number of Topliss-reactive ketones (excluding diaryl/α,β-unsaturated/α-hetero) is 1. The molecular formula is C28H36N2O4. The molecule has 182 valence electrons. The third-order valence-electron chi connectivity index (χ3n) is 6.50. The van der Waals surface area contributed by atoms with E-state index < -0.39 is 11.8 Å². The lowest BCUT2D eigenvalue weighted by Crippen LogP contribution is -2.32. The largest absolute Gasteiger partial charge is 0.507 e. The molecule has 1 fully saturated rings. The van der Waals surface area contributed by atoms with Gasteiger partial charge >= 0.3 is 5.97 Å². The molecule has 34 heavy (non-hydrogen) atoms. The number of rotatable bonds is 5. The van der Waals surface area contributed by atoms with Crippen molar-refractivity contribution in [1.29, 1.82) is 5.41 Å². The second-order valence-corrected chi connectivity index (χ2v) is 11.1. The van der Waals surface area contributed by atoms with Crippen molar-refractivity contribution >= 4 is 17.6 Å². The van der Waals surface area contributed by atoms with Gasteiger partial charge in [0.1, 0.15) is 11.6 Å². The summed E-state index contributed by atoms with van der Waals surface area (Å²) in [5.74, 6) is -1.10. The monoisotopic (exact) mass is 464 g/mol. The lowest BCUT2D eigenvalue weighted by Gasteiger charge is -2.28. The first kappa shape index (κ1) is 25.5. The predicted molar refractivity (Wildman–Crippen MR) is 134 cm³/mol. The Bertz CT molecular complexity index is 1060. The number of esters is 1.